The van der Waals surface area contributed by atoms with Gasteiger partial charge in [0.2, 0.25) is 0 Å². The van der Waals surface area contributed by atoms with E-state index in [9.17, 15) is 0 Å². The summed E-state index contributed by atoms with van der Waals surface area (Å²) in [6.45, 7) is 0. The normalized spacial score (nSPS) is 10.7. The van der Waals surface area contributed by atoms with Gasteiger partial charge in [0, 0.05) is 60.8 Å². The number of hydrogen-bond donors (Lipinski definition) is 0. The van der Waals surface area contributed by atoms with Crippen LogP contribution in [0.5, 0.6) is 0 Å². The third-order valence-corrected chi connectivity index (χ3v) is 20.0. The van der Waals surface area contributed by atoms with Crippen molar-refractivity contribution in [2.75, 3.05) is 35.8 Å². The summed E-state index contributed by atoms with van der Waals surface area (Å²) in [5.74, 6) is 0. The summed E-state index contributed by atoms with van der Waals surface area (Å²) in [5, 5.41) is 0. The summed E-state index contributed by atoms with van der Waals surface area (Å²) in [4.78, 5) is 6.82. The zero-order valence-corrected chi connectivity index (χ0v) is 61.1. The molecule has 0 heterocycles. The number of para-hydroxylation sites is 1. The molecule has 0 aliphatic rings. The van der Waals surface area contributed by atoms with Crippen molar-refractivity contribution >= 4 is 34.1 Å². The topological polar surface area (TPSA) is 9.72 Å². The van der Waals surface area contributed by atoms with Crippen LogP contribution in [0, 0.1) is 0 Å². The highest BCUT2D eigenvalue weighted by Crippen LogP contribution is 2.41. The molecular formula is C105H83N3. The maximum atomic E-state index is 2.29. The number of benzene rings is 17. The molecule has 17 aromatic carbocycles. The van der Waals surface area contributed by atoms with Crippen LogP contribution in [0.1, 0.15) is 0 Å². The van der Waals surface area contributed by atoms with Gasteiger partial charge in [-0.25, -0.2) is 0 Å². The lowest BCUT2D eigenvalue weighted by atomic mass is 9.97. The van der Waals surface area contributed by atoms with Crippen molar-refractivity contribution < 1.29 is 0 Å². The van der Waals surface area contributed by atoms with E-state index in [1.165, 1.54) is 128 Å². The first-order valence-electron chi connectivity index (χ1n) is 36.9. The fourth-order valence-electron chi connectivity index (χ4n) is 14.0. The number of anilines is 6. The van der Waals surface area contributed by atoms with Gasteiger partial charge in [0.25, 0.3) is 0 Å². The summed E-state index contributed by atoms with van der Waals surface area (Å²) in [5.41, 5.74) is 33.8. The lowest BCUT2D eigenvalue weighted by Crippen LogP contribution is -2.11. The summed E-state index contributed by atoms with van der Waals surface area (Å²) in [7, 11) is 6.44. The standard InChI is InChI=1S/2C37H29N.C31H25N/c1-38(36-22-20-31(21-23-36)33-19-11-18-32(24-33)28-12-5-2-6-13-28)37-26-34(29-14-7-3-8-15-29)25-35(27-37)30-16-9-4-10-17-30;1-38(36-23-21-33(22-24-36)32-19-17-31(18-20-32)28-11-5-2-6-12-28)37-26-34(29-13-7-3-8-14-29)25-35(27-37)30-15-9-4-10-16-30;1-32(31-20-12-11-19-30(31)26-17-9-4-10-18-26)29-22-27(24-13-5-2-6-14-24)21-28(23-29)25-15-7-3-8-16-25/h2*2-27H,1H3;2-23H,1H3. The van der Waals surface area contributed by atoms with Crippen LogP contribution in [0.2, 0.25) is 0 Å². The molecule has 108 heavy (non-hydrogen) atoms. The third kappa shape index (κ3) is 16.8. The van der Waals surface area contributed by atoms with Crippen molar-refractivity contribution in [3.63, 3.8) is 0 Å². The Balaban J connectivity index is 0.000000130. The van der Waals surface area contributed by atoms with Gasteiger partial charge in [-0.3, -0.25) is 0 Å². The van der Waals surface area contributed by atoms with E-state index in [1.54, 1.807) is 0 Å². The molecule has 0 atom stereocenters. The average molecular weight is 1390 g/mol. The molecule has 0 saturated heterocycles. The molecule has 518 valence electrons. The Morgan fingerprint density at radius 2 is 0.306 bits per heavy atom. The van der Waals surface area contributed by atoms with Crippen molar-refractivity contribution in [1.29, 1.82) is 0 Å². The smallest absolute Gasteiger partial charge is 0.0487 e. The van der Waals surface area contributed by atoms with Crippen molar-refractivity contribution in [1.82, 2.24) is 0 Å². The van der Waals surface area contributed by atoms with E-state index in [2.05, 4.69) is 485 Å². The Kier molecular flexibility index (Phi) is 21.8. The van der Waals surface area contributed by atoms with Gasteiger partial charge in [-0.2, -0.15) is 0 Å². The summed E-state index contributed by atoms with van der Waals surface area (Å²) in [6, 6.07) is 160. The molecule has 0 aliphatic heterocycles. The molecule has 17 aromatic rings. The van der Waals surface area contributed by atoms with Gasteiger partial charge in [0.15, 0.2) is 0 Å². The lowest BCUT2D eigenvalue weighted by Gasteiger charge is -2.24. The van der Waals surface area contributed by atoms with E-state index in [1.807, 2.05) is 0 Å². The summed E-state index contributed by atoms with van der Waals surface area (Å²) >= 11 is 0. The summed E-state index contributed by atoms with van der Waals surface area (Å²) in [6.07, 6.45) is 0. The summed E-state index contributed by atoms with van der Waals surface area (Å²) < 4.78 is 0. The molecule has 17 rings (SSSR count). The molecular weight excluding hydrogens is 1300 g/mol. The number of nitrogens with zero attached hydrogens (tertiary/aromatic N) is 3. The van der Waals surface area contributed by atoms with Gasteiger partial charge in [-0.15, -0.1) is 0 Å². The second-order valence-corrected chi connectivity index (χ2v) is 27.0. The van der Waals surface area contributed by atoms with Gasteiger partial charge < -0.3 is 14.7 Å². The van der Waals surface area contributed by atoms with Crippen LogP contribution >= 0.6 is 0 Å². The highest BCUT2D eigenvalue weighted by Gasteiger charge is 2.17. The molecule has 0 fully saturated rings. The first-order valence-corrected chi connectivity index (χ1v) is 36.9. The van der Waals surface area contributed by atoms with Crippen molar-refractivity contribution in [3.8, 4) is 122 Å². The monoisotopic (exact) mass is 1390 g/mol. The molecule has 0 saturated carbocycles. The van der Waals surface area contributed by atoms with E-state index in [-0.39, 0.29) is 0 Å². The zero-order valence-electron chi connectivity index (χ0n) is 61.1. The highest BCUT2D eigenvalue weighted by atomic mass is 15.1. The fraction of sp³-hybridized carbons (Fsp3) is 0.0286. The van der Waals surface area contributed by atoms with Crippen LogP contribution < -0.4 is 14.7 Å². The van der Waals surface area contributed by atoms with E-state index >= 15 is 0 Å². The highest BCUT2D eigenvalue weighted by molar-refractivity contribution is 5.88. The number of hydrogen-bond acceptors (Lipinski definition) is 3. The molecule has 0 N–H and O–H groups in total. The predicted molar refractivity (Wildman–Crippen MR) is 463 cm³/mol. The van der Waals surface area contributed by atoms with Crippen LogP contribution in [-0.4, -0.2) is 21.1 Å². The van der Waals surface area contributed by atoms with E-state index < -0.39 is 0 Å². The Morgan fingerprint density at radius 3 is 0.593 bits per heavy atom. The number of rotatable bonds is 17. The van der Waals surface area contributed by atoms with E-state index in [4.69, 9.17) is 0 Å². The van der Waals surface area contributed by atoms with Gasteiger partial charge in [0.05, 0.1) is 0 Å². The minimum Gasteiger partial charge on any atom is -0.345 e. The second-order valence-electron chi connectivity index (χ2n) is 27.0. The maximum absolute atomic E-state index is 2.29. The Morgan fingerprint density at radius 1 is 0.120 bits per heavy atom. The third-order valence-electron chi connectivity index (χ3n) is 20.0. The molecule has 0 spiro atoms. The van der Waals surface area contributed by atoms with Crippen molar-refractivity contribution in [2.24, 2.45) is 0 Å². The van der Waals surface area contributed by atoms with Crippen molar-refractivity contribution in [3.05, 3.63) is 449 Å². The first-order chi connectivity index (χ1) is 53.3. The predicted octanol–water partition coefficient (Wildman–Crippen LogP) is 28.7. The van der Waals surface area contributed by atoms with E-state index in [0.717, 1.165) is 28.4 Å². The van der Waals surface area contributed by atoms with Gasteiger partial charge >= 0.3 is 0 Å². The lowest BCUT2D eigenvalue weighted by molar-refractivity contribution is 1.21. The Bertz CT molecular complexity index is 5530. The van der Waals surface area contributed by atoms with Crippen LogP contribution in [0.15, 0.2) is 449 Å². The minimum atomic E-state index is 1.15. The largest absolute Gasteiger partial charge is 0.345 e. The van der Waals surface area contributed by atoms with E-state index in [0.29, 0.717) is 0 Å². The van der Waals surface area contributed by atoms with Crippen LogP contribution in [0.25, 0.3) is 122 Å². The molecule has 0 unspecified atom stereocenters. The molecule has 3 nitrogen and oxygen atoms in total. The second kappa shape index (κ2) is 33.7. The Hall–Kier alpha value is -13.9. The van der Waals surface area contributed by atoms with Crippen molar-refractivity contribution in [2.45, 2.75) is 0 Å². The van der Waals surface area contributed by atoms with Crippen LogP contribution in [0.3, 0.4) is 0 Å². The molecule has 0 bridgehead atoms. The minimum absolute atomic E-state index is 1.15. The molecule has 0 aliphatic carbocycles. The quantitative estimate of drug-likeness (QED) is 0.0900. The SMILES string of the molecule is CN(c1cc(-c2ccccc2)cc(-c2ccccc2)c1)c1ccccc1-c1ccccc1.CN(c1ccc(-c2ccc(-c3ccccc3)cc2)cc1)c1cc(-c2ccccc2)cc(-c2ccccc2)c1.CN(c1ccc(-c2cccc(-c3ccccc3)c2)cc1)c1cc(-c2ccccc2)cc(-c2ccccc2)c1. The van der Waals surface area contributed by atoms with Crippen LogP contribution in [0.4, 0.5) is 34.1 Å². The first kappa shape index (κ1) is 69.8. The van der Waals surface area contributed by atoms with Crippen LogP contribution in [-0.2, 0) is 0 Å². The average Bonchev–Trinajstić information content (AvgIpc) is 0.787. The van der Waals surface area contributed by atoms with Gasteiger partial charge in [-0.1, -0.05) is 358 Å². The molecule has 0 radical (unpaired) electrons. The zero-order chi connectivity index (χ0) is 73.2. The maximum Gasteiger partial charge on any atom is 0.0487 e. The molecule has 0 aromatic heterocycles. The fourth-order valence-corrected chi connectivity index (χ4v) is 14.0. The molecule has 3 heteroatoms. The van der Waals surface area contributed by atoms with Gasteiger partial charge in [-0.05, 0) is 208 Å². The molecule has 0 amide bonds. The Labute approximate surface area is 637 Å². The van der Waals surface area contributed by atoms with Gasteiger partial charge in [0.1, 0.15) is 0 Å².